The molecule has 7 rings (SSSR count). The topological polar surface area (TPSA) is 37.4 Å². The molecule has 3 aromatic carbocycles. The van der Waals surface area contributed by atoms with E-state index < -0.39 is 0 Å². The Hall–Kier alpha value is -3.20. The van der Waals surface area contributed by atoms with Gasteiger partial charge in [-0.05, 0) is 40.8 Å². The minimum atomic E-state index is -0.318. The third-order valence-corrected chi connectivity index (χ3v) is 6.80. The SMILES string of the molecule is Cc1ccccc1N1C(=O)C2C3c4ccccc4C(c4ccccc43)C2C1=O. The Labute approximate surface area is 163 Å². The van der Waals surface area contributed by atoms with Crippen molar-refractivity contribution in [2.75, 3.05) is 4.90 Å². The predicted molar refractivity (Wildman–Crippen MR) is 107 cm³/mol. The maximum atomic E-state index is 13.6. The largest absolute Gasteiger partial charge is 0.274 e. The molecule has 1 fully saturated rings. The van der Waals surface area contributed by atoms with Gasteiger partial charge in [-0.3, -0.25) is 9.59 Å². The number of hydrogen-bond acceptors (Lipinski definition) is 2. The van der Waals surface area contributed by atoms with E-state index in [9.17, 15) is 9.59 Å². The second-order valence-corrected chi connectivity index (χ2v) is 8.06. The molecule has 3 nitrogen and oxygen atoms in total. The Morgan fingerprint density at radius 2 is 1.00 bits per heavy atom. The van der Waals surface area contributed by atoms with Crippen LogP contribution in [0, 0.1) is 18.8 Å². The Bertz CT molecular complexity index is 1050. The Morgan fingerprint density at radius 3 is 1.43 bits per heavy atom. The molecule has 4 aliphatic rings. The van der Waals surface area contributed by atoms with Crippen LogP contribution in [0.15, 0.2) is 72.8 Å². The Morgan fingerprint density at radius 1 is 0.607 bits per heavy atom. The van der Waals surface area contributed by atoms with Crippen molar-refractivity contribution in [1.29, 1.82) is 0 Å². The number of carbonyl (C=O) groups excluding carboxylic acids is 2. The zero-order valence-corrected chi connectivity index (χ0v) is 15.5. The normalized spacial score (nSPS) is 26.8. The van der Waals surface area contributed by atoms with Crippen molar-refractivity contribution in [2.45, 2.75) is 18.8 Å². The summed E-state index contributed by atoms with van der Waals surface area (Å²) >= 11 is 0. The van der Waals surface area contributed by atoms with Gasteiger partial charge in [-0.15, -0.1) is 0 Å². The smallest absolute Gasteiger partial charge is 0.238 e. The van der Waals surface area contributed by atoms with Gasteiger partial charge in [-0.1, -0.05) is 66.7 Å². The van der Waals surface area contributed by atoms with E-state index >= 15 is 0 Å². The highest BCUT2D eigenvalue weighted by Gasteiger charge is 2.61. The highest BCUT2D eigenvalue weighted by atomic mass is 16.2. The Kier molecular flexibility index (Phi) is 3.06. The minimum absolute atomic E-state index is 0.0483. The summed E-state index contributed by atoms with van der Waals surface area (Å²) in [7, 11) is 0. The molecule has 0 radical (unpaired) electrons. The van der Waals surface area contributed by atoms with Gasteiger partial charge in [-0.2, -0.15) is 0 Å². The fourth-order valence-corrected chi connectivity index (χ4v) is 5.73. The summed E-state index contributed by atoms with van der Waals surface area (Å²) in [5, 5.41) is 0. The van der Waals surface area contributed by atoms with Crippen LogP contribution < -0.4 is 4.90 Å². The molecule has 3 heteroatoms. The fourth-order valence-electron chi connectivity index (χ4n) is 5.73. The third kappa shape index (κ3) is 1.79. The molecule has 0 spiro atoms. The lowest BCUT2D eigenvalue weighted by molar-refractivity contribution is -0.122. The lowest BCUT2D eigenvalue weighted by Gasteiger charge is -2.45. The highest BCUT2D eigenvalue weighted by molar-refractivity contribution is 6.23. The van der Waals surface area contributed by atoms with Crippen LogP contribution in [0.3, 0.4) is 0 Å². The number of carbonyl (C=O) groups is 2. The average Bonchev–Trinajstić information content (AvgIpc) is 2.99. The molecule has 1 saturated heterocycles. The molecular weight excluding hydrogens is 346 g/mol. The summed E-state index contributed by atoms with van der Waals surface area (Å²) in [6.45, 7) is 1.95. The van der Waals surface area contributed by atoms with Gasteiger partial charge in [0.1, 0.15) is 0 Å². The van der Waals surface area contributed by atoms with Gasteiger partial charge in [0, 0.05) is 11.8 Å². The van der Waals surface area contributed by atoms with Crippen LogP contribution in [0.25, 0.3) is 0 Å². The van der Waals surface area contributed by atoms with E-state index in [1.54, 1.807) is 0 Å². The second kappa shape index (κ2) is 5.41. The van der Waals surface area contributed by atoms with Gasteiger partial charge in [0.15, 0.2) is 0 Å². The molecule has 2 bridgehead atoms. The molecule has 3 aromatic rings. The second-order valence-electron chi connectivity index (χ2n) is 8.06. The number of aryl methyl sites for hydroxylation is 1. The van der Waals surface area contributed by atoms with Crippen LogP contribution >= 0.6 is 0 Å². The molecule has 1 heterocycles. The van der Waals surface area contributed by atoms with Crippen molar-refractivity contribution in [3.05, 3.63) is 101 Å². The van der Waals surface area contributed by atoms with Gasteiger partial charge in [-0.25, -0.2) is 4.90 Å². The molecule has 0 N–H and O–H groups in total. The first-order valence-electron chi connectivity index (χ1n) is 9.79. The first-order valence-corrected chi connectivity index (χ1v) is 9.79. The molecule has 2 atom stereocenters. The van der Waals surface area contributed by atoms with Crippen LogP contribution in [0.5, 0.6) is 0 Å². The van der Waals surface area contributed by atoms with Crippen LogP contribution in [0.1, 0.15) is 39.7 Å². The summed E-state index contributed by atoms with van der Waals surface area (Å²) in [5.41, 5.74) is 6.51. The highest BCUT2D eigenvalue weighted by Crippen LogP contribution is 2.61. The molecule has 2 amide bonds. The standard InChI is InChI=1S/C25H19NO2/c1-14-8-2-7-13-19(14)26-24(27)22-20-15-9-3-4-10-16(15)21(23(22)25(26)28)18-12-6-5-11-17(18)20/h2-13,20-23H,1H3. The molecule has 0 aromatic heterocycles. The molecule has 136 valence electrons. The lowest BCUT2D eigenvalue weighted by atomic mass is 9.55. The van der Waals surface area contributed by atoms with Crippen molar-refractivity contribution in [1.82, 2.24) is 0 Å². The van der Waals surface area contributed by atoms with Gasteiger partial charge in [0.05, 0.1) is 17.5 Å². The van der Waals surface area contributed by atoms with Crippen molar-refractivity contribution in [3.8, 4) is 0 Å². The van der Waals surface area contributed by atoms with Gasteiger partial charge in [0.25, 0.3) is 0 Å². The lowest BCUT2D eigenvalue weighted by Crippen LogP contribution is -2.41. The zero-order chi connectivity index (χ0) is 19.0. The van der Waals surface area contributed by atoms with Gasteiger partial charge < -0.3 is 0 Å². The van der Waals surface area contributed by atoms with Crippen molar-refractivity contribution < 1.29 is 9.59 Å². The van der Waals surface area contributed by atoms with Crippen molar-refractivity contribution in [3.63, 3.8) is 0 Å². The fraction of sp³-hybridized carbons (Fsp3) is 0.200. The zero-order valence-electron chi connectivity index (χ0n) is 15.5. The van der Waals surface area contributed by atoms with E-state index in [2.05, 4.69) is 24.3 Å². The number of rotatable bonds is 1. The van der Waals surface area contributed by atoms with E-state index in [-0.39, 0.29) is 35.5 Å². The quantitative estimate of drug-likeness (QED) is 0.600. The molecular formula is C25H19NO2. The number of benzene rings is 3. The first-order chi connectivity index (χ1) is 13.7. The summed E-state index contributed by atoms with van der Waals surface area (Å²) in [4.78, 5) is 28.7. The number of hydrogen-bond donors (Lipinski definition) is 0. The monoisotopic (exact) mass is 365 g/mol. The van der Waals surface area contributed by atoms with Crippen LogP contribution in [0.2, 0.25) is 0 Å². The number of anilines is 1. The average molecular weight is 365 g/mol. The summed E-state index contributed by atoms with van der Waals surface area (Å²) < 4.78 is 0. The number of imide groups is 1. The predicted octanol–water partition coefficient (Wildman–Crippen LogP) is 4.39. The van der Waals surface area contributed by atoms with E-state index in [4.69, 9.17) is 0 Å². The van der Waals surface area contributed by atoms with Crippen molar-refractivity contribution >= 4 is 17.5 Å². The van der Waals surface area contributed by atoms with E-state index in [0.717, 1.165) is 11.3 Å². The van der Waals surface area contributed by atoms with Crippen LogP contribution in [-0.4, -0.2) is 11.8 Å². The molecule has 3 aliphatic carbocycles. The van der Waals surface area contributed by atoms with Crippen LogP contribution in [0.4, 0.5) is 5.69 Å². The summed E-state index contributed by atoms with van der Waals surface area (Å²) in [6, 6.07) is 24.3. The third-order valence-electron chi connectivity index (χ3n) is 6.80. The minimum Gasteiger partial charge on any atom is -0.274 e. The van der Waals surface area contributed by atoms with Gasteiger partial charge in [0.2, 0.25) is 11.8 Å². The number of amides is 2. The molecule has 1 aliphatic heterocycles. The van der Waals surface area contributed by atoms with Crippen LogP contribution in [-0.2, 0) is 9.59 Å². The molecule has 0 saturated carbocycles. The molecule has 28 heavy (non-hydrogen) atoms. The number of para-hydroxylation sites is 1. The maximum Gasteiger partial charge on any atom is 0.238 e. The first kappa shape index (κ1) is 15.8. The number of nitrogens with zero attached hydrogens (tertiary/aromatic N) is 1. The molecule has 2 unspecified atom stereocenters. The van der Waals surface area contributed by atoms with E-state index in [0.29, 0.717) is 0 Å². The summed E-state index contributed by atoms with van der Waals surface area (Å²) in [5.74, 6) is -0.837. The van der Waals surface area contributed by atoms with Crippen molar-refractivity contribution in [2.24, 2.45) is 11.8 Å². The van der Waals surface area contributed by atoms with E-state index in [1.807, 2.05) is 55.5 Å². The maximum absolute atomic E-state index is 13.6. The summed E-state index contributed by atoms with van der Waals surface area (Å²) in [6.07, 6.45) is 0. The Balaban J connectivity index is 1.59. The van der Waals surface area contributed by atoms with Gasteiger partial charge >= 0.3 is 0 Å². The van der Waals surface area contributed by atoms with E-state index in [1.165, 1.54) is 27.2 Å².